The third-order valence-electron chi connectivity index (χ3n) is 5.09. The Morgan fingerprint density at radius 3 is 2.88 bits per heavy atom. The molecule has 0 unspecified atom stereocenters. The van der Waals surface area contributed by atoms with Crippen LogP contribution in [-0.4, -0.2) is 79.0 Å². The molecular formula is C17H27FN4O3. The lowest BCUT2D eigenvalue weighted by Gasteiger charge is -2.30. The Morgan fingerprint density at radius 2 is 2.20 bits per heavy atom. The molecule has 0 aromatic carbocycles. The van der Waals surface area contributed by atoms with Crippen LogP contribution >= 0.6 is 0 Å². The van der Waals surface area contributed by atoms with E-state index in [0.29, 0.717) is 39.2 Å². The van der Waals surface area contributed by atoms with Gasteiger partial charge in [0.15, 0.2) is 0 Å². The Hall–Kier alpha value is -1.51. The highest BCUT2D eigenvalue weighted by Gasteiger charge is 2.34. The summed E-state index contributed by atoms with van der Waals surface area (Å²) in [4.78, 5) is 16.4. The molecule has 2 fully saturated rings. The molecule has 25 heavy (non-hydrogen) atoms. The van der Waals surface area contributed by atoms with Gasteiger partial charge in [-0.1, -0.05) is 5.16 Å². The van der Waals surface area contributed by atoms with Crippen LogP contribution in [0.3, 0.4) is 0 Å². The number of halogens is 1. The van der Waals surface area contributed by atoms with Crippen LogP contribution in [0.15, 0.2) is 4.52 Å². The second kappa shape index (κ2) is 7.80. The average molecular weight is 354 g/mol. The lowest BCUT2D eigenvalue weighted by atomic mass is 10.1. The van der Waals surface area contributed by atoms with Crippen LogP contribution in [0, 0.1) is 13.8 Å². The highest BCUT2D eigenvalue weighted by atomic mass is 19.1. The summed E-state index contributed by atoms with van der Waals surface area (Å²) in [5.74, 6) is 0.646. The van der Waals surface area contributed by atoms with Crippen molar-refractivity contribution in [2.45, 2.75) is 45.1 Å². The summed E-state index contributed by atoms with van der Waals surface area (Å²) in [7, 11) is 1.97. The number of nitrogens with one attached hydrogen (secondary N) is 1. The zero-order chi connectivity index (χ0) is 18.0. The minimum Gasteiger partial charge on any atom is -0.366 e. The van der Waals surface area contributed by atoms with E-state index in [-0.39, 0.29) is 11.9 Å². The molecule has 0 radical (unpaired) electrons. The summed E-state index contributed by atoms with van der Waals surface area (Å²) in [5, 5.41) is 6.89. The third-order valence-corrected chi connectivity index (χ3v) is 5.09. The van der Waals surface area contributed by atoms with Crippen molar-refractivity contribution in [2.75, 3.05) is 39.8 Å². The fourth-order valence-corrected chi connectivity index (χ4v) is 3.53. The molecule has 1 amide bonds. The number of amides is 1. The number of rotatable bonds is 5. The van der Waals surface area contributed by atoms with Crippen molar-refractivity contribution in [3.8, 4) is 0 Å². The zero-order valence-electron chi connectivity index (χ0n) is 15.1. The molecule has 0 saturated carbocycles. The van der Waals surface area contributed by atoms with Gasteiger partial charge in [0, 0.05) is 44.3 Å². The van der Waals surface area contributed by atoms with Crippen LogP contribution in [0.2, 0.25) is 0 Å². The van der Waals surface area contributed by atoms with Crippen LogP contribution in [0.25, 0.3) is 0 Å². The first-order valence-corrected chi connectivity index (χ1v) is 8.81. The van der Waals surface area contributed by atoms with Crippen LogP contribution in [0.4, 0.5) is 4.39 Å². The molecule has 8 heteroatoms. The summed E-state index contributed by atoms with van der Waals surface area (Å²) >= 11 is 0. The number of morpholine rings is 1. The highest BCUT2D eigenvalue weighted by molar-refractivity contribution is 5.81. The van der Waals surface area contributed by atoms with Crippen molar-refractivity contribution in [3.63, 3.8) is 0 Å². The molecule has 1 aromatic rings. The second-order valence-corrected chi connectivity index (χ2v) is 7.09. The molecule has 2 aliphatic rings. The molecule has 3 atom stereocenters. The second-order valence-electron chi connectivity index (χ2n) is 7.09. The first kappa shape index (κ1) is 18.3. The van der Waals surface area contributed by atoms with Gasteiger partial charge in [0.05, 0.1) is 12.3 Å². The standard InChI is InChI=1S/C17H27FN4O3/c1-11-15(12(2)25-20-11)9-22-8-13(18)6-14(22)7-19-17(23)16-10-21(3)4-5-24-16/h13-14,16H,4-10H2,1-3H3,(H,19,23)/t13-,14-,16+/m0/s1. The number of carbonyl (C=O) groups excluding carboxylic acids is 1. The van der Waals surface area contributed by atoms with Gasteiger partial charge < -0.3 is 19.5 Å². The average Bonchev–Trinajstić information content (AvgIpc) is 3.09. The Kier molecular flexibility index (Phi) is 5.71. The van der Waals surface area contributed by atoms with Gasteiger partial charge in [-0.2, -0.15) is 0 Å². The van der Waals surface area contributed by atoms with E-state index in [9.17, 15) is 9.18 Å². The molecule has 140 valence electrons. The number of aromatic nitrogens is 1. The van der Waals surface area contributed by atoms with Crippen molar-refractivity contribution in [1.29, 1.82) is 0 Å². The number of likely N-dealkylation sites (tertiary alicyclic amines) is 1. The topological polar surface area (TPSA) is 70.8 Å². The molecule has 2 saturated heterocycles. The SMILES string of the molecule is Cc1noc(C)c1CN1C[C@@H](F)C[C@H]1CNC(=O)[C@H]1CN(C)CCO1. The summed E-state index contributed by atoms with van der Waals surface area (Å²) < 4.78 is 24.7. The van der Waals surface area contributed by atoms with Gasteiger partial charge in [0.2, 0.25) is 0 Å². The van der Waals surface area contributed by atoms with Gasteiger partial charge in [0.1, 0.15) is 18.0 Å². The van der Waals surface area contributed by atoms with Gasteiger partial charge in [-0.3, -0.25) is 9.69 Å². The number of hydrogen-bond donors (Lipinski definition) is 1. The Balaban J connectivity index is 1.56. The van der Waals surface area contributed by atoms with Crippen LogP contribution < -0.4 is 5.32 Å². The van der Waals surface area contributed by atoms with Crippen molar-refractivity contribution in [3.05, 3.63) is 17.0 Å². The maximum atomic E-state index is 14.0. The molecule has 3 heterocycles. The summed E-state index contributed by atoms with van der Waals surface area (Å²) in [5.41, 5.74) is 1.84. The van der Waals surface area contributed by atoms with Crippen LogP contribution in [0.5, 0.6) is 0 Å². The fourth-order valence-electron chi connectivity index (χ4n) is 3.53. The minimum absolute atomic E-state index is 0.0334. The number of aryl methyl sites for hydroxylation is 2. The predicted octanol–water partition coefficient (Wildman–Crippen LogP) is 0.651. The summed E-state index contributed by atoms with van der Waals surface area (Å²) in [6, 6.07) is -0.0334. The van der Waals surface area contributed by atoms with Crippen LogP contribution in [-0.2, 0) is 16.1 Å². The van der Waals surface area contributed by atoms with Crippen molar-refractivity contribution in [2.24, 2.45) is 0 Å². The first-order chi connectivity index (χ1) is 11.9. The van der Waals surface area contributed by atoms with Crippen molar-refractivity contribution < 1.29 is 18.4 Å². The molecule has 0 aliphatic carbocycles. The van der Waals surface area contributed by atoms with E-state index >= 15 is 0 Å². The van der Waals surface area contributed by atoms with E-state index < -0.39 is 12.3 Å². The molecule has 1 N–H and O–H groups in total. The third kappa shape index (κ3) is 4.37. The minimum atomic E-state index is -0.876. The summed E-state index contributed by atoms with van der Waals surface area (Å²) in [6.45, 7) is 7.12. The molecule has 3 rings (SSSR count). The number of likely N-dealkylation sites (N-methyl/N-ethyl adjacent to an activating group) is 1. The van der Waals surface area contributed by atoms with E-state index in [2.05, 4.69) is 20.3 Å². The maximum Gasteiger partial charge on any atom is 0.250 e. The molecule has 0 spiro atoms. The van der Waals surface area contributed by atoms with Gasteiger partial charge in [-0.25, -0.2) is 4.39 Å². The molecule has 7 nitrogen and oxygen atoms in total. The number of hydrogen-bond acceptors (Lipinski definition) is 6. The van der Waals surface area contributed by atoms with Gasteiger partial charge in [-0.15, -0.1) is 0 Å². The van der Waals surface area contributed by atoms with Gasteiger partial charge >= 0.3 is 0 Å². The predicted molar refractivity (Wildman–Crippen MR) is 89.9 cm³/mol. The Bertz CT molecular complexity index is 589. The Labute approximate surface area is 147 Å². The van der Waals surface area contributed by atoms with E-state index in [1.165, 1.54) is 0 Å². The molecule has 2 aliphatic heterocycles. The quantitative estimate of drug-likeness (QED) is 0.837. The number of nitrogens with zero attached hydrogens (tertiary/aromatic N) is 3. The van der Waals surface area contributed by atoms with Gasteiger partial charge in [0.25, 0.3) is 5.91 Å². The van der Waals surface area contributed by atoms with Crippen molar-refractivity contribution >= 4 is 5.91 Å². The largest absolute Gasteiger partial charge is 0.366 e. The van der Waals surface area contributed by atoms with E-state index in [1.807, 2.05) is 20.9 Å². The lowest BCUT2D eigenvalue weighted by molar-refractivity contribution is -0.138. The zero-order valence-corrected chi connectivity index (χ0v) is 15.1. The van der Waals surface area contributed by atoms with Crippen LogP contribution in [0.1, 0.15) is 23.4 Å². The normalized spacial score (nSPS) is 28.4. The first-order valence-electron chi connectivity index (χ1n) is 8.81. The maximum absolute atomic E-state index is 14.0. The lowest BCUT2D eigenvalue weighted by Crippen LogP contribution is -2.50. The number of carbonyl (C=O) groups is 1. The molecule has 1 aromatic heterocycles. The van der Waals surface area contributed by atoms with E-state index in [0.717, 1.165) is 23.6 Å². The monoisotopic (exact) mass is 354 g/mol. The van der Waals surface area contributed by atoms with Crippen molar-refractivity contribution in [1.82, 2.24) is 20.3 Å². The number of alkyl halides is 1. The number of ether oxygens (including phenoxy) is 1. The Morgan fingerprint density at radius 1 is 1.40 bits per heavy atom. The fraction of sp³-hybridized carbons (Fsp3) is 0.765. The molecular weight excluding hydrogens is 327 g/mol. The molecule has 0 bridgehead atoms. The highest BCUT2D eigenvalue weighted by Crippen LogP contribution is 2.24. The smallest absolute Gasteiger partial charge is 0.250 e. The summed E-state index contributed by atoms with van der Waals surface area (Å²) in [6.07, 6.45) is -0.897. The van der Waals surface area contributed by atoms with E-state index in [4.69, 9.17) is 9.26 Å². The van der Waals surface area contributed by atoms with E-state index in [1.54, 1.807) is 0 Å². The van der Waals surface area contributed by atoms with Gasteiger partial charge in [-0.05, 0) is 27.3 Å².